The Kier molecular flexibility index (Phi) is 3.60. The lowest BCUT2D eigenvalue weighted by molar-refractivity contribution is 0.0728. The van der Waals surface area contributed by atoms with Gasteiger partial charge in [0.2, 0.25) is 0 Å². The number of carbonyl (C=O) groups is 1. The predicted molar refractivity (Wildman–Crippen MR) is 82.7 cm³/mol. The zero-order valence-corrected chi connectivity index (χ0v) is 12.1. The van der Waals surface area contributed by atoms with Crippen molar-refractivity contribution in [3.8, 4) is 0 Å². The molecular weight excluding hydrogens is 262 g/mol. The quantitative estimate of drug-likeness (QED) is 0.877. The highest BCUT2D eigenvalue weighted by molar-refractivity contribution is 5.95. The van der Waals surface area contributed by atoms with Gasteiger partial charge in [-0.2, -0.15) is 0 Å². The van der Waals surface area contributed by atoms with Crippen LogP contribution in [0.1, 0.15) is 34.5 Å². The van der Waals surface area contributed by atoms with E-state index in [4.69, 9.17) is 5.73 Å². The van der Waals surface area contributed by atoms with E-state index in [-0.39, 0.29) is 5.91 Å². The minimum Gasteiger partial charge on any atom is -0.399 e. The van der Waals surface area contributed by atoms with Crippen molar-refractivity contribution in [3.63, 3.8) is 0 Å². The van der Waals surface area contributed by atoms with Crippen molar-refractivity contribution < 1.29 is 4.79 Å². The van der Waals surface area contributed by atoms with E-state index >= 15 is 0 Å². The van der Waals surface area contributed by atoms with E-state index in [9.17, 15) is 4.79 Å². The Bertz CT molecular complexity index is 665. The maximum absolute atomic E-state index is 12.8. The second-order valence-electron chi connectivity index (χ2n) is 5.55. The van der Waals surface area contributed by atoms with Crippen LogP contribution in [0, 0.1) is 6.92 Å². The van der Waals surface area contributed by atoms with E-state index in [1.165, 1.54) is 0 Å². The molecule has 2 N–H and O–H groups in total. The molecule has 108 valence electrons. The van der Waals surface area contributed by atoms with Crippen LogP contribution in [0.2, 0.25) is 0 Å². The summed E-state index contributed by atoms with van der Waals surface area (Å²) >= 11 is 0. The first-order valence-corrected chi connectivity index (χ1v) is 7.22. The summed E-state index contributed by atoms with van der Waals surface area (Å²) in [7, 11) is 0. The number of benzene rings is 1. The first-order valence-electron chi connectivity index (χ1n) is 7.22. The first kappa shape index (κ1) is 13.6. The lowest BCUT2D eigenvalue weighted by atomic mass is 10.1. The fourth-order valence-electron chi connectivity index (χ4n) is 2.51. The van der Waals surface area contributed by atoms with Crippen LogP contribution >= 0.6 is 0 Å². The van der Waals surface area contributed by atoms with E-state index in [1.807, 2.05) is 48.2 Å². The fraction of sp³-hybridized carbons (Fsp3) is 0.294. The van der Waals surface area contributed by atoms with E-state index in [0.29, 0.717) is 18.2 Å². The van der Waals surface area contributed by atoms with E-state index in [2.05, 4.69) is 4.98 Å². The van der Waals surface area contributed by atoms with Gasteiger partial charge in [0.15, 0.2) is 0 Å². The van der Waals surface area contributed by atoms with Gasteiger partial charge in [0.25, 0.3) is 5.91 Å². The molecule has 0 spiro atoms. The van der Waals surface area contributed by atoms with Crippen LogP contribution < -0.4 is 5.73 Å². The number of anilines is 1. The van der Waals surface area contributed by atoms with Gasteiger partial charge in [-0.15, -0.1) is 0 Å². The number of aryl methyl sites for hydroxylation is 1. The average Bonchev–Trinajstić information content (AvgIpc) is 3.29. The number of aromatic nitrogens is 1. The minimum atomic E-state index is 0.0607. The smallest absolute Gasteiger partial charge is 0.256 e. The Morgan fingerprint density at radius 2 is 2.14 bits per heavy atom. The molecule has 1 fully saturated rings. The Morgan fingerprint density at radius 3 is 2.81 bits per heavy atom. The Hall–Kier alpha value is -2.36. The number of hydrogen-bond donors (Lipinski definition) is 1. The minimum absolute atomic E-state index is 0.0607. The lowest BCUT2D eigenvalue weighted by Gasteiger charge is -2.23. The largest absolute Gasteiger partial charge is 0.399 e. The molecular formula is C17H19N3O. The van der Waals surface area contributed by atoms with Crippen LogP contribution in [0.25, 0.3) is 0 Å². The second-order valence-corrected chi connectivity index (χ2v) is 5.55. The zero-order valence-electron chi connectivity index (χ0n) is 12.1. The van der Waals surface area contributed by atoms with Gasteiger partial charge in [0, 0.05) is 30.2 Å². The molecule has 4 heteroatoms. The Morgan fingerprint density at radius 1 is 1.33 bits per heavy atom. The summed E-state index contributed by atoms with van der Waals surface area (Å²) in [6.45, 7) is 2.47. The molecule has 1 aromatic carbocycles. The summed E-state index contributed by atoms with van der Waals surface area (Å²) in [4.78, 5) is 19.0. The third kappa shape index (κ3) is 3.05. The normalized spacial score (nSPS) is 14.0. The van der Waals surface area contributed by atoms with Crippen molar-refractivity contribution in [2.24, 2.45) is 0 Å². The van der Waals surface area contributed by atoms with Gasteiger partial charge < -0.3 is 10.6 Å². The summed E-state index contributed by atoms with van der Waals surface area (Å²) in [6.07, 6.45) is 3.87. The fourth-order valence-corrected chi connectivity index (χ4v) is 2.51. The van der Waals surface area contributed by atoms with Crippen LogP contribution in [0.4, 0.5) is 5.69 Å². The second kappa shape index (κ2) is 5.56. The summed E-state index contributed by atoms with van der Waals surface area (Å²) < 4.78 is 0. The van der Waals surface area contributed by atoms with Crippen molar-refractivity contribution in [1.82, 2.24) is 9.88 Å². The molecule has 1 amide bonds. The Labute approximate surface area is 124 Å². The lowest BCUT2D eigenvalue weighted by Crippen LogP contribution is -2.33. The molecule has 4 nitrogen and oxygen atoms in total. The van der Waals surface area contributed by atoms with E-state index in [1.54, 1.807) is 6.20 Å². The van der Waals surface area contributed by atoms with Crippen LogP contribution in [-0.2, 0) is 6.54 Å². The van der Waals surface area contributed by atoms with Crippen LogP contribution in [0.15, 0.2) is 42.6 Å². The molecule has 0 bridgehead atoms. The summed E-state index contributed by atoms with van der Waals surface area (Å²) in [6, 6.07) is 11.7. The molecule has 1 saturated carbocycles. The molecule has 0 saturated heterocycles. The standard InChI is InChI=1S/C17H19N3O/c1-12-16(6-3-9-19-12)17(21)20(15-7-8-15)11-13-4-2-5-14(18)10-13/h2-6,9-10,15H,7-8,11,18H2,1H3. The number of pyridine rings is 1. The molecule has 1 aliphatic carbocycles. The van der Waals surface area contributed by atoms with Crippen LogP contribution in [0.5, 0.6) is 0 Å². The molecule has 1 heterocycles. The third-order valence-corrected chi connectivity index (χ3v) is 3.79. The van der Waals surface area contributed by atoms with Gasteiger partial charge in [-0.25, -0.2) is 0 Å². The SMILES string of the molecule is Cc1ncccc1C(=O)N(Cc1cccc(N)c1)C1CC1. The average molecular weight is 281 g/mol. The number of nitrogen functional groups attached to an aromatic ring is 1. The van der Waals surface area contributed by atoms with Gasteiger partial charge in [0.1, 0.15) is 0 Å². The number of rotatable bonds is 4. The van der Waals surface area contributed by atoms with Gasteiger partial charge in [0.05, 0.1) is 5.56 Å². The third-order valence-electron chi connectivity index (χ3n) is 3.79. The van der Waals surface area contributed by atoms with Crippen LogP contribution in [-0.4, -0.2) is 21.8 Å². The van der Waals surface area contributed by atoms with Crippen molar-refractivity contribution in [2.45, 2.75) is 32.4 Å². The maximum Gasteiger partial charge on any atom is 0.256 e. The number of nitrogens with two attached hydrogens (primary N) is 1. The molecule has 2 aromatic rings. The molecule has 1 aromatic heterocycles. The predicted octanol–water partition coefficient (Wildman–Crippen LogP) is 2.78. The highest BCUT2D eigenvalue weighted by Crippen LogP contribution is 2.30. The van der Waals surface area contributed by atoms with Crippen molar-refractivity contribution in [3.05, 3.63) is 59.4 Å². The summed E-state index contributed by atoms with van der Waals surface area (Å²) in [5.74, 6) is 0.0607. The zero-order chi connectivity index (χ0) is 14.8. The molecule has 21 heavy (non-hydrogen) atoms. The molecule has 0 atom stereocenters. The molecule has 0 radical (unpaired) electrons. The Balaban J connectivity index is 1.85. The first-order chi connectivity index (χ1) is 10.1. The van der Waals surface area contributed by atoms with Gasteiger partial charge in [-0.1, -0.05) is 12.1 Å². The number of carbonyl (C=O) groups excluding carboxylic acids is 1. The number of nitrogens with zero attached hydrogens (tertiary/aromatic N) is 2. The van der Waals surface area contributed by atoms with Crippen LogP contribution in [0.3, 0.4) is 0 Å². The monoisotopic (exact) mass is 281 g/mol. The molecule has 0 aliphatic heterocycles. The van der Waals surface area contributed by atoms with E-state index in [0.717, 1.165) is 29.8 Å². The summed E-state index contributed by atoms with van der Waals surface area (Å²) in [5.41, 5.74) is 9.09. The van der Waals surface area contributed by atoms with Gasteiger partial charge >= 0.3 is 0 Å². The molecule has 1 aliphatic rings. The van der Waals surface area contributed by atoms with Crippen molar-refractivity contribution in [1.29, 1.82) is 0 Å². The van der Waals surface area contributed by atoms with E-state index < -0.39 is 0 Å². The maximum atomic E-state index is 12.8. The highest BCUT2D eigenvalue weighted by Gasteiger charge is 2.33. The number of amides is 1. The van der Waals surface area contributed by atoms with Gasteiger partial charge in [-0.3, -0.25) is 9.78 Å². The molecule has 0 unspecified atom stereocenters. The van der Waals surface area contributed by atoms with Crippen molar-refractivity contribution >= 4 is 11.6 Å². The van der Waals surface area contributed by atoms with Crippen molar-refractivity contribution in [2.75, 3.05) is 5.73 Å². The highest BCUT2D eigenvalue weighted by atomic mass is 16.2. The number of hydrogen-bond acceptors (Lipinski definition) is 3. The summed E-state index contributed by atoms with van der Waals surface area (Å²) in [5, 5.41) is 0. The van der Waals surface area contributed by atoms with Gasteiger partial charge in [-0.05, 0) is 49.6 Å². The topological polar surface area (TPSA) is 59.2 Å². The molecule has 3 rings (SSSR count).